The van der Waals surface area contributed by atoms with Crippen molar-refractivity contribution in [2.75, 3.05) is 6.61 Å². The Balaban J connectivity index is 1.74. The summed E-state index contributed by atoms with van der Waals surface area (Å²) in [6.07, 6.45) is 8.83. The summed E-state index contributed by atoms with van der Waals surface area (Å²) in [5, 5.41) is 0. The minimum absolute atomic E-state index is 0.666. The van der Waals surface area contributed by atoms with Crippen molar-refractivity contribution in [3.63, 3.8) is 0 Å². The third-order valence-electron chi connectivity index (χ3n) is 3.79. The average molecular weight is 360 g/mol. The average Bonchev–Trinajstić information content (AvgIpc) is 2.65. The Hall–Kier alpha value is -1.57. The molecular formula is C21H29O3P. The molecule has 0 amide bonds. The summed E-state index contributed by atoms with van der Waals surface area (Å²) in [5.41, 5.74) is 0. The highest BCUT2D eigenvalue weighted by molar-refractivity contribution is 7.42. The van der Waals surface area contributed by atoms with E-state index in [1.807, 2.05) is 60.7 Å². The molecule has 0 N–H and O–H groups in total. The molecule has 2 aromatic carbocycles. The normalized spacial score (nSPS) is 10.8. The van der Waals surface area contributed by atoms with Crippen LogP contribution >= 0.6 is 8.60 Å². The molecular weight excluding hydrogens is 331 g/mol. The first-order valence-electron chi connectivity index (χ1n) is 9.27. The minimum atomic E-state index is -1.44. The van der Waals surface area contributed by atoms with Crippen molar-refractivity contribution in [2.45, 2.75) is 51.9 Å². The summed E-state index contributed by atoms with van der Waals surface area (Å²) in [4.78, 5) is 0. The highest BCUT2D eigenvalue weighted by atomic mass is 31.2. The zero-order valence-electron chi connectivity index (χ0n) is 15.1. The second-order valence-electron chi connectivity index (χ2n) is 5.99. The predicted molar refractivity (Wildman–Crippen MR) is 105 cm³/mol. The number of para-hydroxylation sites is 2. The zero-order chi connectivity index (χ0) is 17.6. The quantitative estimate of drug-likeness (QED) is 0.281. The molecule has 0 bridgehead atoms. The van der Waals surface area contributed by atoms with E-state index in [0.717, 1.165) is 17.9 Å². The van der Waals surface area contributed by atoms with Crippen molar-refractivity contribution in [3.05, 3.63) is 60.7 Å². The van der Waals surface area contributed by atoms with Crippen LogP contribution in [0, 0.1) is 0 Å². The van der Waals surface area contributed by atoms with Crippen LogP contribution in [0.2, 0.25) is 0 Å². The van der Waals surface area contributed by atoms with Gasteiger partial charge in [-0.25, -0.2) is 0 Å². The lowest BCUT2D eigenvalue weighted by atomic mass is 10.1. The van der Waals surface area contributed by atoms with Gasteiger partial charge >= 0.3 is 8.60 Å². The molecule has 0 aliphatic carbocycles. The van der Waals surface area contributed by atoms with Crippen LogP contribution in [0.5, 0.6) is 11.5 Å². The van der Waals surface area contributed by atoms with Crippen LogP contribution in [-0.2, 0) is 4.52 Å². The molecule has 2 aromatic rings. The highest BCUT2D eigenvalue weighted by Gasteiger charge is 2.16. The second kappa shape index (κ2) is 12.7. The molecule has 0 fully saturated rings. The van der Waals surface area contributed by atoms with Crippen LogP contribution in [0.25, 0.3) is 0 Å². The maximum Gasteiger partial charge on any atom is 0.463 e. The topological polar surface area (TPSA) is 27.7 Å². The molecule has 4 heteroatoms. The van der Waals surface area contributed by atoms with Crippen molar-refractivity contribution in [2.24, 2.45) is 0 Å². The molecule has 0 unspecified atom stereocenters. The molecule has 0 heterocycles. The third kappa shape index (κ3) is 8.90. The first kappa shape index (κ1) is 19.8. The van der Waals surface area contributed by atoms with E-state index < -0.39 is 8.60 Å². The fourth-order valence-electron chi connectivity index (χ4n) is 2.40. The van der Waals surface area contributed by atoms with Gasteiger partial charge in [-0.15, -0.1) is 0 Å². The predicted octanol–water partition coefficient (Wildman–Crippen LogP) is 7.14. The third-order valence-corrected chi connectivity index (χ3v) is 4.90. The van der Waals surface area contributed by atoms with Gasteiger partial charge in [0.1, 0.15) is 11.5 Å². The van der Waals surface area contributed by atoms with Gasteiger partial charge in [0, 0.05) is 0 Å². The maximum absolute atomic E-state index is 5.90. The smallest absolute Gasteiger partial charge is 0.418 e. The Kier molecular flexibility index (Phi) is 10.1. The van der Waals surface area contributed by atoms with Crippen molar-refractivity contribution < 1.29 is 13.6 Å². The number of hydrogen-bond acceptors (Lipinski definition) is 3. The molecule has 0 aromatic heterocycles. The van der Waals surface area contributed by atoms with Crippen molar-refractivity contribution in [1.82, 2.24) is 0 Å². The Bertz CT molecular complexity index is 506. The van der Waals surface area contributed by atoms with Crippen LogP contribution in [-0.4, -0.2) is 6.61 Å². The van der Waals surface area contributed by atoms with E-state index in [-0.39, 0.29) is 0 Å². The van der Waals surface area contributed by atoms with Crippen molar-refractivity contribution >= 4 is 8.60 Å². The second-order valence-corrected chi connectivity index (χ2v) is 7.06. The molecule has 3 nitrogen and oxygen atoms in total. The van der Waals surface area contributed by atoms with Gasteiger partial charge in [0.25, 0.3) is 0 Å². The fourth-order valence-corrected chi connectivity index (χ4v) is 3.41. The molecule has 0 aliphatic heterocycles. The van der Waals surface area contributed by atoms with E-state index in [1.165, 1.54) is 38.5 Å². The van der Waals surface area contributed by atoms with Crippen LogP contribution in [0.15, 0.2) is 60.7 Å². The summed E-state index contributed by atoms with van der Waals surface area (Å²) in [7, 11) is -1.44. The number of hydrogen-bond donors (Lipinski definition) is 0. The van der Waals surface area contributed by atoms with E-state index in [2.05, 4.69) is 6.92 Å². The van der Waals surface area contributed by atoms with Crippen LogP contribution < -0.4 is 9.05 Å². The number of benzene rings is 2. The lowest BCUT2D eigenvalue weighted by molar-refractivity contribution is 0.258. The first-order chi connectivity index (χ1) is 12.4. The SMILES string of the molecule is CCCCCCCCCOP(Oc1ccccc1)Oc1ccccc1. The molecule has 0 saturated heterocycles. The van der Waals surface area contributed by atoms with Gasteiger partial charge in [0.2, 0.25) is 0 Å². The molecule has 0 radical (unpaired) electrons. The maximum atomic E-state index is 5.90. The zero-order valence-corrected chi connectivity index (χ0v) is 16.0. The van der Waals surface area contributed by atoms with E-state index in [9.17, 15) is 0 Å². The van der Waals surface area contributed by atoms with Gasteiger partial charge in [-0.05, 0) is 30.7 Å². The Morgan fingerprint density at radius 2 is 1.12 bits per heavy atom. The molecule has 136 valence electrons. The summed E-state index contributed by atoms with van der Waals surface area (Å²) in [6, 6.07) is 19.4. The van der Waals surface area contributed by atoms with Gasteiger partial charge in [0.15, 0.2) is 0 Å². The Morgan fingerprint density at radius 3 is 1.64 bits per heavy atom. The lowest BCUT2D eigenvalue weighted by Gasteiger charge is -2.17. The van der Waals surface area contributed by atoms with Crippen LogP contribution in [0.3, 0.4) is 0 Å². The van der Waals surface area contributed by atoms with E-state index in [1.54, 1.807) is 0 Å². The Labute approximate surface area is 153 Å². The molecule has 0 aliphatic rings. The fraction of sp³-hybridized carbons (Fsp3) is 0.429. The van der Waals surface area contributed by atoms with Gasteiger partial charge in [-0.3, -0.25) is 4.52 Å². The van der Waals surface area contributed by atoms with Gasteiger partial charge < -0.3 is 9.05 Å². The highest BCUT2D eigenvalue weighted by Crippen LogP contribution is 2.41. The van der Waals surface area contributed by atoms with Gasteiger partial charge in [-0.2, -0.15) is 0 Å². The largest absolute Gasteiger partial charge is 0.463 e. The van der Waals surface area contributed by atoms with E-state index in [0.29, 0.717) is 6.61 Å². The van der Waals surface area contributed by atoms with Crippen molar-refractivity contribution in [3.8, 4) is 11.5 Å². The lowest BCUT2D eigenvalue weighted by Crippen LogP contribution is -2.01. The molecule has 0 atom stereocenters. The molecule has 2 rings (SSSR count). The minimum Gasteiger partial charge on any atom is -0.418 e. The van der Waals surface area contributed by atoms with Crippen molar-refractivity contribution in [1.29, 1.82) is 0 Å². The van der Waals surface area contributed by atoms with Gasteiger partial charge in [-0.1, -0.05) is 81.8 Å². The monoisotopic (exact) mass is 360 g/mol. The number of unbranched alkanes of at least 4 members (excludes halogenated alkanes) is 6. The summed E-state index contributed by atoms with van der Waals surface area (Å²) >= 11 is 0. The van der Waals surface area contributed by atoms with E-state index in [4.69, 9.17) is 13.6 Å². The van der Waals surface area contributed by atoms with E-state index >= 15 is 0 Å². The summed E-state index contributed by atoms with van der Waals surface area (Å²) in [5.74, 6) is 1.54. The number of rotatable bonds is 13. The molecule has 0 saturated carbocycles. The van der Waals surface area contributed by atoms with Gasteiger partial charge in [0.05, 0.1) is 6.61 Å². The first-order valence-corrected chi connectivity index (χ1v) is 10.4. The Morgan fingerprint density at radius 1 is 0.640 bits per heavy atom. The van der Waals surface area contributed by atoms with Crippen LogP contribution in [0.1, 0.15) is 51.9 Å². The standard InChI is InChI=1S/C21H29O3P/c1-2-3-4-5-6-7-14-19-22-25(23-20-15-10-8-11-16-20)24-21-17-12-9-13-18-21/h8-13,15-18H,2-7,14,19H2,1H3. The summed E-state index contributed by atoms with van der Waals surface area (Å²) in [6.45, 7) is 2.91. The molecule has 25 heavy (non-hydrogen) atoms. The van der Waals surface area contributed by atoms with Crippen LogP contribution in [0.4, 0.5) is 0 Å². The summed E-state index contributed by atoms with van der Waals surface area (Å²) < 4.78 is 17.7. The molecule has 0 spiro atoms.